The van der Waals surface area contributed by atoms with Crippen molar-refractivity contribution in [3.8, 4) is 0 Å². The van der Waals surface area contributed by atoms with E-state index < -0.39 is 0 Å². The van der Waals surface area contributed by atoms with Gasteiger partial charge in [-0.2, -0.15) is 0 Å². The maximum Gasteiger partial charge on any atom is 0.0409 e. The van der Waals surface area contributed by atoms with Gasteiger partial charge in [-0.15, -0.1) is 0 Å². The Kier molecular flexibility index (Phi) is 3.75. The number of benzene rings is 2. The van der Waals surface area contributed by atoms with E-state index in [-0.39, 0.29) is 0 Å². The Hall–Kier alpha value is -1.80. The molecule has 0 saturated heterocycles. The second kappa shape index (κ2) is 5.68. The molecule has 1 unspecified atom stereocenters. The molecule has 0 radical (unpaired) electrons. The second-order valence-electron chi connectivity index (χ2n) is 5.75. The van der Waals surface area contributed by atoms with Crippen LogP contribution in [0.5, 0.6) is 0 Å². The molecule has 0 saturated carbocycles. The zero-order chi connectivity index (χ0) is 13.9. The van der Waals surface area contributed by atoms with Crippen LogP contribution >= 0.6 is 0 Å². The summed E-state index contributed by atoms with van der Waals surface area (Å²) in [5.74, 6) is 0. The standard InChI is InChI=1S/C18H22N2/c1-15-12-19(2)18-11-7-6-10-17(18)14-20(15)13-16-8-4-3-5-9-16/h3-11,15H,12-14H2,1-2H3. The zero-order valence-corrected chi connectivity index (χ0v) is 12.3. The van der Waals surface area contributed by atoms with Crippen LogP contribution in [0.2, 0.25) is 0 Å². The van der Waals surface area contributed by atoms with Crippen LogP contribution in [0.1, 0.15) is 18.1 Å². The average Bonchev–Trinajstić information content (AvgIpc) is 2.58. The van der Waals surface area contributed by atoms with E-state index in [9.17, 15) is 0 Å². The van der Waals surface area contributed by atoms with Gasteiger partial charge in [-0.3, -0.25) is 4.90 Å². The van der Waals surface area contributed by atoms with E-state index in [2.05, 4.69) is 78.4 Å². The first-order chi connectivity index (χ1) is 9.74. The molecule has 0 N–H and O–H groups in total. The van der Waals surface area contributed by atoms with E-state index in [0.717, 1.165) is 19.6 Å². The molecule has 20 heavy (non-hydrogen) atoms. The van der Waals surface area contributed by atoms with E-state index in [1.54, 1.807) is 0 Å². The van der Waals surface area contributed by atoms with Crippen LogP contribution in [0.4, 0.5) is 5.69 Å². The monoisotopic (exact) mass is 266 g/mol. The van der Waals surface area contributed by atoms with Gasteiger partial charge in [0.05, 0.1) is 0 Å². The van der Waals surface area contributed by atoms with E-state index in [4.69, 9.17) is 0 Å². The Morgan fingerprint density at radius 1 is 1.00 bits per heavy atom. The summed E-state index contributed by atoms with van der Waals surface area (Å²) in [6.07, 6.45) is 0. The van der Waals surface area contributed by atoms with Crippen molar-refractivity contribution in [2.24, 2.45) is 0 Å². The zero-order valence-electron chi connectivity index (χ0n) is 12.3. The van der Waals surface area contributed by atoms with Crippen molar-refractivity contribution < 1.29 is 0 Å². The van der Waals surface area contributed by atoms with E-state index in [1.165, 1.54) is 16.8 Å². The third-order valence-electron chi connectivity index (χ3n) is 4.17. The van der Waals surface area contributed by atoms with Crippen LogP contribution in [0.25, 0.3) is 0 Å². The number of hydrogen-bond acceptors (Lipinski definition) is 2. The first kappa shape index (κ1) is 13.2. The third-order valence-corrected chi connectivity index (χ3v) is 4.17. The maximum absolute atomic E-state index is 2.57. The van der Waals surface area contributed by atoms with Crippen molar-refractivity contribution in [3.63, 3.8) is 0 Å². The highest BCUT2D eigenvalue weighted by Crippen LogP contribution is 2.26. The van der Waals surface area contributed by atoms with Crippen LogP contribution in [0.15, 0.2) is 54.6 Å². The predicted molar refractivity (Wildman–Crippen MR) is 84.9 cm³/mol. The smallest absolute Gasteiger partial charge is 0.0409 e. The van der Waals surface area contributed by atoms with Gasteiger partial charge in [0, 0.05) is 38.4 Å². The van der Waals surface area contributed by atoms with Crippen molar-refractivity contribution in [1.82, 2.24) is 4.90 Å². The van der Waals surface area contributed by atoms with E-state index >= 15 is 0 Å². The van der Waals surface area contributed by atoms with Gasteiger partial charge in [0.25, 0.3) is 0 Å². The normalized spacial score (nSPS) is 19.5. The molecule has 0 amide bonds. The lowest BCUT2D eigenvalue weighted by Gasteiger charge is -2.28. The number of hydrogen-bond donors (Lipinski definition) is 0. The molecule has 0 aromatic heterocycles. The number of fused-ring (bicyclic) bond motifs is 1. The van der Waals surface area contributed by atoms with Crippen molar-refractivity contribution in [2.45, 2.75) is 26.1 Å². The number of rotatable bonds is 2. The van der Waals surface area contributed by atoms with Crippen LogP contribution in [0.3, 0.4) is 0 Å². The molecule has 1 aliphatic rings. The molecule has 2 aromatic carbocycles. The molecular formula is C18H22N2. The molecule has 0 fully saturated rings. The lowest BCUT2D eigenvalue weighted by molar-refractivity contribution is 0.200. The minimum atomic E-state index is 0.549. The third kappa shape index (κ3) is 2.70. The minimum absolute atomic E-state index is 0.549. The van der Waals surface area contributed by atoms with Crippen LogP contribution in [0, 0.1) is 0 Å². The highest BCUT2D eigenvalue weighted by Gasteiger charge is 2.22. The van der Waals surface area contributed by atoms with Gasteiger partial charge in [0.1, 0.15) is 0 Å². The Labute approximate surface area is 121 Å². The fraction of sp³-hybridized carbons (Fsp3) is 0.333. The van der Waals surface area contributed by atoms with Gasteiger partial charge in [-0.1, -0.05) is 48.5 Å². The molecule has 104 valence electrons. The summed E-state index contributed by atoms with van der Waals surface area (Å²) in [7, 11) is 2.20. The van der Waals surface area contributed by atoms with Crippen LogP contribution < -0.4 is 4.90 Å². The summed E-state index contributed by atoms with van der Waals surface area (Å²) in [5.41, 5.74) is 4.19. The van der Waals surface area contributed by atoms with Gasteiger partial charge < -0.3 is 4.90 Å². The lowest BCUT2D eigenvalue weighted by atomic mass is 10.1. The summed E-state index contributed by atoms with van der Waals surface area (Å²) in [5, 5.41) is 0. The fourth-order valence-electron chi connectivity index (χ4n) is 3.03. The molecule has 2 aromatic rings. The van der Waals surface area contributed by atoms with Crippen LogP contribution in [-0.2, 0) is 13.1 Å². The summed E-state index contributed by atoms with van der Waals surface area (Å²) in [4.78, 5) is 4.95. The Balaban J connectivity index is 1.85. The van der Waals surface area contributed by atoms with Crippen molar-refractivity contribution in [1.29, 1.82) is 0 Å². The van der Waals surface area contributed by atoms with Gasteiger partial charge in [-0.25, -0.2) is 0 Å². The topological polar surface area (TPSA) is 6.48 Å². The van der Waals surface area contributed by atoms with E-state index in [1.807, 2.05) is 0 Å². The number of para-hydroxylation sites is 1. The number of nitrogens with zero attached hydrogens (tertiary/aromatic N) is 2. The first-order valence-electron chi connectivity index (χ1n) is 7.31. The predicted octanol–water partition coefficient (Wildman–Crippen LogP) is 3.53. The van der Waals surface area contributed by atoms with Crippen LogP contribution in [-0.4, -0.2) is 24.5 Å². The Bertz CT molecular complexity index is 565. The highest BCUT2D eigenvalue weighted by molar-refractivity contribution is 5.54. The van der Waals surface area contributed by atoms with Crippen molar-refractivity contribution in [2.75, 3.05) is 18.5 Å². The molecular weight excluding hydrogens is 244 g/mol. The van der Waals surface area contributed by atoms with Gasteiger partial charge in [-0.05, 0) is 24.1 Å². The lowest BCUT2D eigenvalue weighted by Crippen LogP contribution is -2.37. The number of likely N-dealkylation sites (N-methyl/N-ethyl adjacent to an activating group) is 1. The summed E-state index contributed by atoms with van der Waals surface area (Å²) in [6, 6.07) is 20.1. The first-order valence-corrected chi connectivity index (χ1v) is 7.31. The highest BCUT2D eigenvalue weighted by atomic mass is 15.2. The molecule has 1 heterocycles. The molecule has 0 spiro atoms. The number of anilines is 1. The summed E-state index contributed by atoms with van der Waals surface area (Å²) in [6.45, 7) is 5.44. The van der Waals surface area contributed by atoms with Gasteiger partial charge in [0.15, 0.2) is 0 Å². The molecule has 0 aliphatic carbocycles. The Morgan fingerprint density at radius 2 is 1.70 bits per heavy atom. The van der Waals surface area contributed by atoms with Gasteiger partial charge >= 0.3 is 0 Å². The minimum Gasteiger partial charge on any atom is -0.373 e. The molecule has 3 rings (SSSR count). The van der Waals surface area contributed by atoms with Crippen molar-refractivity contribution in [3.05, 3.63) is 65.7 Å². The second-order valence-corrected chi connectivity index (χ2v) is 5.75. The molecule has 1 atom stereocenters. The summed E-state index contributed by atoms with van der Waals surface area (Å²) < 4.78 is 0. The molecule has 2 heteroatoms. The molecule has 1 aliphatic heterocycles. The molecule has 0 bridgehead atoms. The average molecular weight is 266 g/mol. The SMILES string of the molecule is CC1CN(C)c2ccccc2CN1Cc1ccccc1. The fourth-order valence-corrected chi connectivity index (χ4v) is 3.03. The Morgan fingerprint density at radius 3 is 2.50 bits per heavy atom. The largest absolute Gasteiger partial charge is 0.373 e. The van der Waals surface area contributed by atoms with Gasteiger partial charge in [0.2, 0.25) is 0 Å². The molecule has 2 nitrogen and oxygen atoms in total. The summed E-state index contributed by atoms with van der Waals surface area (Å²) >= 11 is 0. The van der Waals surface area contributed by atoms with Crippen molar-refractivity contribution >= 4 is 5.69 Å². The quantitative estimate of drug-likeness (QED) is 0.820. The maximum atomic E-state index is 2.57. The van der Waals surface area contributed by atoms with E-state index in [0.29, 0.717) is 6.04 Å².